The third kappa shape index (κ3) is 4.65. The van der Waals surface area contributed by atoms with Crippen LogP contribution in [0.5, 0.6) is 0 Å². The topological polar surface area (TPSA) is 118 Å². The molecule has 160 valence electrons. The average Bonchev–Trinajstić information content (AvgIpc) is 3.00. The molecule has 0 atom stereocenters. The van der Waals surface area contributed by atoms with Gasteiger partial charge >= 0.3 is 0 Å². The zero-order chi connectivity index (χ0) is 22.1. The summed E-state index contributed by atoms with van der Waals surface area (Å²) in [7, 11) is -7.70. The first-order chi connectivity index (χ1) is 14.0. The van der Waals surface area contributed by atoms with E-state index in [1.54, 1.807) is 38.1 Å². The molecule has 10 heteroatoms. The fraction of sp³-hybridized carbons (Fsp3) is 0.250. The van der Waals surface area contributed by atoms with Crippen molar-refractivity contribution in [2.45, 2.75) is 43.4 Å². The van der Waals surface area contributed by atoms with E-state index in [0.717, 1.165) is 5.56 Å². The van der Waals surface area contributed by atoms with E-state index in [1.807, 2.05) is 13.8 Å². The Labute approximate surface area is 176 Å². The lowest BCUT2D eigenvalue weighted by Gasteiger charge is -2.11. The Morgan fingerprint density at radius 1 is 0.800 bits per heavy atom. The number of sulfonamides is 2. The number of rotatable bonds is 7. The maximum Gasteiger partial charge on any atom is 0.264 e. The van der Waals surface area contributed by atoms with Crippen molar-refractivity contribution >= 4 is 31.6 Å². The first-order valence-corrected chi connectivity index (χ1v) is 12.1. The summed E-state index contributed by atoms with van der Waals surface area (Å²) in [4.78, 5) is 0.0848. The van der Waals surface area contributed by atoms with Crippen LogP contribution in [0.3, 0.4) is 0 Å². The van der Waals surface area contributed by atoms with Crippen molar-refractivity contribution in [2.24, 2.45) is 0 Å². The second kappa shape index (κ2) is 8.11. The van der Waals surface area contributed by atoms with Crippen LogP contribution in [-0.4, -0.2) is 22.0 Å². The highest BCUT2D eigenvalue weighted by Gasteiger charge is 2.20. The Balaban J connectivity index is 1.77. The summed E-state index contributed by atoms with van der Waals surface area (Å²) in [6.45, 7) is 7.44. The van der Waals surface area contributed by atoms with Gasteiger partial charge in [-0.25, -0.2) is 21.6 Å². The second-order valence-corrected chi connectivity index (χ2v) is 10.5. The number of hydrogen-bond donors (Lipinski definition) is 2. The SMILES string of the molecule is Cc1noc(NS(=O)(=O)c2ccc(NS(=O)(=O)c3ccc(C(C)C)cc3)cc2)c1C. The lowest BCUT2D eigenvalue weighted by Crippen LogP contribution is -2.15. The average molecular weight is 450 g/mol. The first kappa shape index (κ1) is 21.8. The second-order valence-electron chi connectivity index (χ2n) is 7.18. The summed E-state index contributed by atoms with van der Waals surface area (Å²) in [5, 5.41) is 3.71. The summed E-state index contributed by atoms with van der Waals surface area (Å²) in [6, 6.07) is 12.0. The smallest absolute Gasteiger partial charge is 0.264 e. The van der Waals surface area contributed by atoms with Crippen molar-refractivity contribution in [3.05, 3.63) is 65.4 Å². The van der Waals surface area contributed by atoms with Gasteiger partial charge in [0.2, 0.25) is 5.88 Å². The number of hydrogen-bond acceptors (Lipinski definition) is 6. The van der Waals surface area contributed by atoms with Gasteiger partial charge in [-0.2, -0.15) is 0 Å². The van der Waals surface area contributed by atoms with E-state index in [9.17, 15) is 16.8 Å². The molecule has 0 aliphatic carbocycles. The van der Waals surface area contributed by atoms with Crippen LogP contribution in [0.15, 0.2) is 62.8 Å². The van der Waals surface area contributed by atoms with Crippen LogP contribution in [-0.2, 0) is 20.0 Å². The molecule has 0 saturated heterocycles. The highest BCUT2D eigenvalue weighted by Crippen LogP contribution is 2.24. The molecule has 0 amide bonds. The highest BCUT2D eigenvalue weighted by atomic mass is 32.2. The third-order valence-electron chi connectivity index (χ3n) is 4.66. The molecule has 0 unspecified atom stereocenters. The van der Waals surface area contributed by atoms with Crippen LogP contribution in [0, 0.1) is 13.8 Å². The van der Waals surface area contributed by atoms with Crippen LogP contribution in [0.4, 0.5) is 11.6 Å². The number of nitrogens with one attached hydrogen (secondary N) is 2. The molecule has 2 N–H and O–H groups in total. The molecular weight excluding hydrogens is 426 g/mol. The molecule has 0 aliphatic rings. The van der Waals surface area contributed by atoms with Crippen molar-refractivity contribution in [3.63, 3.8) is 0 Å². The molecular formula is C20H23N3O5S2. The minimum absolute atomic E-state index is 0.0415. The predicted molar refractivity (Wildman–Crippen MR) is 115 cm³/mol. The summed E-state index contributed by atoms with van der Waals surface area (Å²) >= 11 is 0. The summed E-state index contributed by atoms with van der Waals surface area (Å²) in [5.41, 5.74) is 2.45. The largest absolute Gasteiger partial charge is 0.337 e. The summed E-state index contributed by atoms with van der Waals surface area (Å²) in [6.07, 6.45) is 0. The number of nitrogens with zero attached hydrogens (tertiary/aromatic N) is 1. The first-order valence-electron chi connectivity index (χ1n) is 9.18. The molecule has 1 aromatic heterocycles. The van der Waals surface area contributed by atoms with Crippen molar-refractivity contribution in [3.8, 4) is 0 Å². The van der Waals surface area contributed by atoms with E-state index in [2.05, 4.69) is 14.6 Å². The Bertz CT molecular complexity index is 1240. The lowest BCUT2D eigenvalue weighted by molar-refractivity contribution is 0.430. The minimum Gasteiger partial charge on any atom is -0.337 e. The van der Waals surface area contributed by atoms with Gasteiger partial charge in [-0.1, -0.05) is 31.1 Å². The van der Waals surface area contributed by atoms with E-state index >= 15 is 0 Å². The van der Waals surface area contributed by atoms with Crippen LogP contribution < -0.4 is 9.44 Å². The van der Waals surface area contributed by atoms with E-state index in [1.165, 1.54) is 24.3 Å². The maximum absolute atomic E-state index is 12.6. The maximum atomic E-state index is 12.6. The van der Waals surface area contributed by atoms with Gasteiger partial charge in [0.05, 0.1) is 15.5 Å². The zero-order valence-electron chi connectivity index (χ0n) is 17.0. The van der Waals surface area contributed by atoms with Crippen molar-refractivity contribution < 1.29 is 21.4 Å². The van der Waals surface area contributed by atoms with Crippen molar-refractivity contribution in [2.75, 3.05) is 9.44 Å². The molecule has 0 saturated carbocycles. The molecule has 0 spiro atoms. The Morgan fingerprint density at radius 3 is 1.77 bits per heavy atom. The number of aromatic nitrogens is 1. The molecule has 30 heavy (non-hydrogen) atoms. The fourth-order valence-corrected chi connectivity index (χ4v) is 4.74. The molecule has 1 heterocycles. The predicted octanol–water partition coefficient (Wildman–Crippen LogP) is 4.02. The molecule has 0 bridgehead atoms. The molecule has 2 aromatic carbocycles. The van der Waals surface area contributed by atoms with Gasteiger partial charge in [-0.05, 0) is 61.7 Å². The molecule has 3 aromatic rings. The molecule has 3 rings (SSSR count). The Hall–Kier alpha value is -2.85. The third-order valence-corrected chi connectivity index (χ3v) is 7.40. The van der Waals surface area contributed by atoms with Gasteiger partial charge in [-0.3, -0.25) is 4.72 Å². The molecule has 0 aliphatic heterocycles. The lowest BCUT2D eigenvalue weighted by atomic mass is 10.0. The van der Waals surface area contributed by atoms with Crippen molar-refractivity contribution in [1.29, 1.82) is 0 Å². The van der Waals surface area contributed by atoms with Gasteiger partial charge < -0.3 is 4.52 Å². The van der Waals surface area contributed by atoms with Gasteiger partial charge in [0.15, 0.2) is 0 Å². The number of benzene rings is 2. The summed E-state index contributed by atoms with van der Waals surface area (Å²) < 4.78 is 60.0. The Morgan fingerprint density at radius 2 is 1.30 bits per heavy atom. The minimum atomic E-state index is -3.91. The van der Waals surface area contributed by atoms with Gasteiger partial charge in [0.25, 0.3) is 20.0 Å². The normalized spacial score (nSPS) is 12.2. The molecule has 8 nitrogen and oxygen atoms in total. The number of aryl methyl sites for hydroxylation is 1. The summed E-state index contributed by atoms with van der Waals surface area (Å²) in [5.74, 6) is 0.338. The number of anilines is 2. The van der Waals surface area contributed by atoms with E-state index < -0.39 is 20.0 Å². The monoisotopic (exact) mass is 449 g/mol. The quantitative estimate of drug-likeness (QED) is 0.562. The van der Waals surface area contributed by atoms with Crippen LogP contribution >= 0.6 is 0 Å². The fourth-order valence-electron chi connectivity index (χ4n) is 2.64. The van der Waals surface area contributed by atoms with E-state index in [0.29, 0.717) is 17.2 Å². The molecule has 0 fully saturated rings. The van der Waals surface area contributed by atoms with Crippen LogP contribution in [0.2, 0.25) is 0 Å². The highest BCUT2D eigenvalue weighted by molar-refractivity contribution is 7.93. The Kier molecular flexibility index (Phi) is 5.91. The van der Waals surface area contributed by atoms with Gasteiger partial charge in [0.1, 0.15) is 0 Å². The van der Waals surface area contributed by atoms with Gasteiger partial charge in [-0.15, -0.1) is 0 Å². The van der Waals surface area contributed by atoms with E-state index in [-0.39, 0.29) is 21.4 Å². The van der Waals surface area contributed by atoms with E-state index in [4.69, 9.17) is 4.52 Å². The molecule has 0 radical (unpaired) electrons. The zero-order valence-corrected chi connectivity index (χ0v) is 18.6. The van der Waals surface area contributed by atoms with Crippen molar-refractivity contribution in [1.82, 2.24) is 5.16 Å². The van der Waals surface area contributed by atoms with Crippen LogP contribution in [0.1, 0.15) is 36.6 Å². The standard InChI is InChI=1S/C20H23N3O5S2/c1-13(2)16-5-9-18(10-6-16)29(24,25)22-17-7-11-19(12-8-17)30(26,27)23-20-14(3)15(4)21-28-20/h5-13,22-23H,1-4H3. The van der Waals surface area contributed by atoms with Crippen LogP contribution in [0.25, 0.3) is 0 Å². The van der Waals surface area contributed by atoms with Gasteiger partial charge in [0, 0.05) is 11.3 Å².